The average Bonchev–Trinajstić information content (AvgIpc) is 3.15. The lowest BCUT2D eigenvalue weighted by atomic mass is 10.1. The Morgan fingerprint density at radius 3 is 2.57 bits per heavy atom. The molecule has 0 radical (unpaired) electrons. The van der Waals surface area contributed by atoms with Gasteiger partial charge >= 0.3 is 0 Å². The maximum atomic E-state index is 12.1. The van der Waals surface area contributed by atoms with Gasteiger partial charge in [-0.15, -0.1) is 0 Å². The van der Waals surface area contributed by atoms with Gasteiger partial charge < -0.3 is 9.73 Å². The highest BCUT2D eigenvalue weighted by atomic mass is 32.2. The van der Waals surface area contributed by atoms with Crippen LogP contribution in [0.2, 0.25) is 0 Å². The van der Waals surface area contributed by atoms with Gasteiger partial charge in [-0.2, -0.15) is 0 Å². The zero-order chi connectivity index (χ0) is 19.2. The maximum absolute atomic E-state index is 12.1. The summed E-state index contributed by atoms with van der Waals surface area (Å²) in [6.45, 7) is 3.97. The summed E-state index contributed by atoms with van der Waals surface area (Å²) >= 11 is 1.32. The Labute approximate surface area is 169 Å². The minimum absolute atomic E-state index is 0.0235. The molecule has 3 aromatic rings. The Morgan fingerprint density at radius 1 is 1.04 bits per heavy atom. The average molecular weight is 396 g/mol. The third-order valence-corrected chi connectivity index (χ3v) is 5.80. The van der Waals surface area contributed by atoms with Crippen LogP contribution in [-0.4, -0.2) is 34.6 Å². The second-order valence-electron chi connectivity index (χ2n) is 7.17. The van der Waals surface area contributed by atoms with Gasteiger partial charge in [-0.3, -0.25) is 9.69 Å². The highest BCUT2D eigenvalue weighted by Crippen LogP contribution is 2.22. The number of para-hydroxylation sites is 2. The summed E-state index contributed by atoms with van der Waals surface area (Å²) < 4.78 is 5.62. The van der Waals surface area contributed by atoms with Crippen LogP contribution in [0.1, 0.15) is 30.4 Å². The fraction of sp³-hybridized carbons (Fsp3) is 0.364. The Morgan fingerprint density at radius 2 is 1.79 bits per heavy atom. The molecule has 1 aliphatic heterocycles. The standard InChI is InChI=1S/C22H25N3O2S/c26-21(16-28-22-24-19-6-2-3-7-20(19)27-22)23-14-17-8-10-18(11-9-17)15-25-12-4-1-5-13-25/h2-3,6-11H,1,4-5,12-16H2,(H,23,26). The van der Waals surface area contributed by atoms with E-state index in [9.17, 15) is 4.79 Å². The van der Waals surface area contributed by atoms with Gasteiger partial charge in [0, 0.05) is 13.1 Å². The van der Waals surface area contributed by atoms with Gasteiger partial charge in [0.1, 0.15) is 5.52 Å². The monoisotopic (exact) mass is 395 g/mol. The number of nitrogens with one attached hydrogen (secondary N) is 1. The Kier molecular flexibility index (Phi) is 6.29. The second-order valence-corrected chi connectivity index (χ2v) is 8.09. The maximum Gasteiger partial charge on any atom is 0.257 e. The second kappa shape index (κ2) is 9.26. The zero-order valence-electron chi connectivity index (χ0n) is 15.9. The smallest absolute Gasteiger partial charge is 0.257 e. The molecule has 1 saturated heterocycles. The number of carbonyl (C=O) groups excluding carboxylic acids is 1. The first kappa shape index (κ1) is 19.0. The quantitative estimate of drug-likeness (QED) is 0.607. The number of carbonyl (C=O) groups is 1. The van der Waals surface area contributed by atoms with Crippen LogP contribution in [0.25, 0.3) is 11.1 Å². The summed E-state index contributed by atoms with van der Waals surface area (Å²) in [5.74, 6) is 0.268. The molecule has 1 fully saturated rings. The number of thioether (sulfide) groups is 1. The number of hydrogen-bond acceptors (Lipinski definition) is 5. The largest absolute Gasteiger partial charge is 0.431 e. The van der Waals surface area contributed by atoms with Gasteiger partial charge in [0.05, 0.1) is 5.75 Å². The van der Waals surface area contributed by atoms with Crippen LogP contribution >= 0.6 is 11.8 Å². The molecule has 0 spiro atoms. The molecule has 1 amide bonds. The zero-order valence-corrected chi connectivity index (χ0v) is 16.7. The van der Waals surface area contributed by atoms with Crippen molar-refractivity contribution in [3.05, 3.63) is 59.7 Å². The van der Waals surface area contributed by atoms with Crippen molar-refractivity contribution in [2.45, 2.75) is 37.6 Å². The third kappa shape index (κ3) is 5.14. The first-order chi connectivity index (χ1) is 13.8. The van der Waals surface area contributed by atoms with E-state index in [4.69, 9.17) is 4.42 Å². The van der Waals surface area contributed by atoms with Crippen molar-refractivity contribution in [1.29, 1.82) is 0 Å². The van der Waals surface area contributed by atoms with Gasteiger partial charge in [-0.05, 0) is 49.2 Å². The van der Waals surface area contributed by atoms with Crippen LogP contribution in [0.5, 0.6) is 0 Å². The number of amides is 1. The minimum atomic E-state index is -0.0235. The van der Waals surface area contributed by atoms with Crippen LogP contribution in [0, 0.1) is 0 Å². The van der Waals surface area contributed by atoms with E-state index in [0.717, 1.165) is 23.2 Å². The molecule has 28 heavy (non-hydrogen) atoms. The third-order valence-electron chi connectivity index (χ3n) is 4.97. The first-order valence-electron chi connectivity index (χ1n) is 9.81. The number of hydrogen-bond donors (Lipinski definition) is 1. The number of oxazole rings is 1. The number of rotatable bonds is 7. The molecule has 1 N–H and O–H groups in total. The van der Waals surface area contributed by atoms with E-state index in [0.29, 0.717) is 17.5 Å². The van der Waals surface area contributed by atoms with E-state index in [2.05, 4.69) is 39.5 Å². The molecule has 0 saturated carbocycles. The highest BCUT2D eigenvalue weighted by molar-refractivity contribution is 7.99. The molecule has 6 heteroatoms. The molecule has 0 atom stereocenters. The molecule has 2 heterocycles. The van der Waals surface area contributed by atoms with E-state index in [-0.39, 0.29) is 5.91 Å². The number of likely N-dealkylation sites (tertiary alicyclic amines) is 1. The molecule has 4 rings (SSSR count). The molecule has 5 nitrogen and oxygen atoms in total. The summed E-state index contributed by atoms with van der Waals surface area (Å²) in [7, 11) is 0. The Balaban J connectivity index is 1.21. The molecule has 0 aliphatic carbocycles. The molecular weight excluding hydrogens is 370 g/mol. The van der Waals surface area contributed by atoms with E-state index >= 15 is 0 Å². The van der Waals surface area contributed by atoms with E-state index in [1.54, 1.807) is 0 Å². The molecular formula is C22H25N3O2S. The van der Waals surface area contributed by atoms with E-state index in [1.165, 1.54) is 49.7 Å². The molecule has 0 bridgehead atoms. The fourth-order valence-corrected chi connectivity index (χ4v) is 4.10. The van der Waals surface area contributed by atoms with E-state index < -0.39 is 0 Å². The number of benzene rings is 2. The van der Waals surface area contributed by atoms with Crippen molar-refractivity contribution < 1.29 is 9.21 Å². The summed E-state index contributed by atoms with van der Waals surface area (Å²) in [4.78, 5) is 19.0. The number of nitrogens with zero attached hydrogens (tertiary/aromatic N) is 2. The SMILES string of the molecule is O=C(CSc1nc2ccccc2o1)NCc1ccc(CN2CCCCC2)cc1. The van der Waals surface area contributed by atoms with Gasteiger partial charge in [-0.1, -0.05) is 54.6 Å². The lowest BCUT2D eigenvalue weighted by Gasteiger charge is -2.26. The lowest BCUT2D eigenvalue weighted by Crippen LogP contribution is -2.29. The van der Waals surface area contributed by atoms with E-state index in [1.807, 2.05) is 24.3 Å². The van der Waals surface area contributed by atoms with Crippen molar-refractivity contribution in [3.8, 4) is 0 Å². The fourth-order valence-electron chi connectivity index (χ4n) is 3.43. The predicted molar refractivity (Wildman–Crippen MR) is 112 cm³/mol. The van der Waals surface area contributed by atoms with Gasteiger partial charge in [0.2, 0.25) is 5.91 Å². The summed E-state index contributed by atoms with van der Waals surface area (Å²) in [5, 5.41) is 3.49. The molecule has 2 aromatic carbocycles. The molecule has 146 valence electrons. The van der Waals surface area contributed by atoms with Crippen LogP contribution in [0.4, 0.5) is 0 Å². The minimum Gasteiger partial charge on any atom is -0.431 e. The van der Waals surface area contributed by atoms with Crippen LogP contribution in [0.3, 0.4) is 0 Å². The Bertz CT molecular complexity index is 884. The van der Waals surface area contributed by atoms with Gasteiger partial charge in [0.15, 0.2) is 5.58 Å². The summed E-state index contributed by atoms with van der Waals surface area (Å²) in [6.07, 6.45) is 3.98. The summed E-state index contributed by atoms with van der Waals surface area (Å²) in [6, 6.07) is 16.2. The van der Waals surface area contributed by atoms with Crippen molar-refractivity contribution in [3.63, 3.8) is 0 Å². The van der Waals surface area contributed by atoms with Crippen molar-refractivity contribution in [2.24, 2.45) is 0 Å². The highest BCUT2D eigenvalue weighted by Gasteiger charge is 2.11. The topological polar surface area (TPSA) is 58.4 Å². The van der Waals surface area contributed by atoms with Crippen molar-refractivity contribution in [1.82, 2.24) is 15.2 Å². The van der Waals surface area contributed by atoms with Crippen molar-refractivity contribution in [2.75, 3.05) is 18.8 Å². The molecule has 1 aromatic heterocycles. The van der Waals surface area contributed by atoms with Crippen molar-refractivity contribution >= 4 is 28.8 Å². The summed E-state index contributed by atoms with van der Waals surface area (Å²) in [5.41, 5.74) is 4.01. The molecule has 1 aliphatic rings. The van der Waals surface area contributed by atoms with Gasteiger partial charge in [0.25, 0.3) is 5.22 Å². The Hall–Kier alpha value is -2.31. The molecule has 0 unspecified atom stereocenters. The van der Waals surface area contributed by atoms with Crippen LogP contribution in [-0.2, 0) is 17.9 Å². The van der Waals surface area contributed by atoms with Crippen LogP contribution < -0.4 is 5.32 Å². The predicted octanol–water partition coefficient (Wildman–Crippen LogP) is 4.22. The number of fused-ring (bicyclic) bond motifs is 1. The number of aromatic nitrogens is 1. The number of piperidine rings is 1. The lowest BCUT2D eigenvalue weighted by molar-refractivity contribution is -0.118. The van der Waals surface area contributed by atoms with Gasteiger partial charge in [-0.25, -0.2) is 4.98 Å². The normalized spacial score (nSPS) is 15.0. The van der Waals surface area contributed by atoms with Crippen LogP contribution in [0.15, 0.2) is 58.2 Å². The first-order valence-corrected chi connectivity index (χ1v) is 10.8.